The minimum Gasteiger partial charge on any atom is -0.367 e. The van der Waals surface area contributed by atoms with Gasteiger partial charge in [-0.15, -0.1) is 0 Å². The Labute approximate surface area is 127 Å². The van der Waals surface area contributed by atoms with Gasteiger partial charge in [0.2, 0.25) is 0 Å². The molecule has 1 saturated carbocycles. The number of hydrogen-bond donors (Lipinski definition) is 1. The number of hydrogen-bond acceptors (Lipinski definition) is 2. The lowest BCUT2D eigenvalue weighted by Gasteiger charge is -2.45. The van der Waals surface area contributed by atoms with Crippen molar-refractivity contribution in [3.63, 3.8) is 0 Å². The lowest BCUT2D eigenvalue weighted by Crippen LogP contribution is -2.47. The zero-order chi connectivity index (χ0) is 14.1. The number of fused-ring (bicyclic) bond motifs is 1. The summed E-state index contributed by atoms with van der Waals surface area (Å²) < 4.78 is 0. The van der Waals surface area contributed by atoms with Gasteiger partial charge in [-0.05, 0) is 56.2 Å². The van der Waals surface area contributed by atoms with Crippen LogP contribution in [0.3, 0.4) is 0 Å². The van der Waals surface area contributed by atoms with E-state index in [4.69, 9.17) is 17.3 Å². The zero-order valence-electron chi connectivity index (χ0n) is 12.3. The minimum absolute atomic E-state index is 0.0466. The summed E-state index contributed by atoms with van der Waals surface area (Å²) in [5.74, 6) is 0.877. The van der Waals surface area contributed by atoms with Crippen molar-refractivity contribution >= 4 is 17.3 Å². The molecule has 0 aromatic heterocycles. The van der Waals surface area contributed by atoms with Crippen LogP contribution in [0.15, 0.2) is 18.2 Å². The monoisotopic (exact) mass is 292 g/mol. The van der Waals surface area contributed by atoms with E-state index < -0.39 is 0 Å². The first-order valence-corrected chi connectivity index (χ1v) is 8.36. The van der Waals surface area contributed by atoms with Crippen LogP contribution in [0.4, 0.5) is 5.69 Å². The van der Waals surface area contributed by atoms with Crippen LogP contribution in [-0.2, 0) is 0 Å². The maximum Gasteiger partial charge on any atom is 0.0642 e. The molecule has 1 aliphatic heterocycles. The molecule has 2 nitrogen and oxygen atoms in total. The van der Waals surface area contributed by atoms with E-state index in [9.17, 15) is 0 Å². The highest BCUT2D eigenvalue weighted by Gasteiger charge is 2.33. The molecule has 3 heteroatoms. The third kappa shape index (κ3) is 2.68. The van der Waals surface area contributed by atoms with E-state index in [0.717, 1.165) is 23.0 Å². The van der Waals surface area contributed by atoms with E-state index in [-0.39, 0.29) is 6.04 Å². The number of nitrogens with two attached hydrogens (primary N) is 1. The van der Waals surface area contributed by atoms with E-state index in [1.54, 1.807) is 0 Å². The van der Waals surface area contributed by atoms with Crippen LogP contribution in [0.25, 0.3) is 0 Å². The van der Waals surface area contributed by atoms with Crippen LogP contribution in [-0.4, -0.2) is 12.6 Å². The smallest absolute Gasteiger partial charge is 0.0642 e. The summed E-state index contributed by atoms with van der Waals surface area (Å²) in [5, 5.41) is 0.867. The lowest BCUT2D eigenvalue weighted by atomic mass is 9.78. The van der Waals surface area contributed by atoms with Gasteiger partial charge in [-0.3, -0.25) is 0 Å². The number of piperidine rings is 1. The third-order valence-electron chi connectivity index (χ3n) is 5.05. The normalized spacial score (nSPS) is 28.1. The molecule has 2 N–H and O–H groups in total. The molecule has 1 aromatic carbocycles. The van der Waals surface area contributed by atoms with Gasteiger partial charge in [0, 0.05) is 18.6 Å². The Kier molecular flexibility index (Phi) is 4.23. The Bertz CT molecular complexity index is 470. The minimum atomic E-state index is 0.0466. The zero-order valence-corrected chi connectivity index (χ0v) is 13.1. The summed E-state index contributed by atoms with van der Waals surface area (Å²) in [6.07, 6.45) is 8.20. The van der Waals surface area contributed by atoms with E-state index in [0.29, 0.717) is 6.04 Å². The molecule has 1 aliphatic carbocycles. The van der Waals surface area contributed by atoms with Crippen molar-refractivity contribution in [1.29, 1.82) is 0 Å². The molecule has 20 heavy (non-hydrogen) atoms. The van der Waals surface area contributed by atoms with Crippen LogP contribution in [0.1, 0.15) is 57.1 Å². The summed E-state index contributed by atoms with van der Waals surface area (Å²) in [5.41, 5.74) is 8.28. The Balaban J connectivity index is 1.87. The van der Waals surface area contributed by atoms with Gasteiger partial charge < -0.3 is 10.6 Å². The average Bonchev–Trinajstić information content (AvgIpc) is 2.46. The van der Waals surface area contributed by atoms with E-state index in [1.807, 2.05) is 13.0 Å². The number of anilines is 1. The molecule has 1 saturated heterocycles. The largest absolute Gasteiger partial charge is 0.367 e. The lowest BCUT2D eigenvalue weighted by molar-refractivity contribution is 0.244. The number of rotatable bonds is 2. The molecule has 3 atom stereocenters. The maximum atomic E-state index is 6.54. The van der Waals surface area contributed by atoms with Gasteiger partial charge in [-0.25, -0.2) is 0 Å². The van der Waals surface area contributed by atoms with Crippen molar-refractivity contribution in [2.75, 3.05) is 11.4 Å². The molecule has 110 valence electrons. The van der Waals surface area contributed by atoms with Crippen molar-refractivity contribution < 1.29 is 0 Å². The van der Waals surface area contributed by atoms with Gasteiger partial charge in [0.1, 0.15) is 0 Å². The summed E-state index contributed by atoms with van der Waals surface area (Å²) in [6.45, 7) is 3.15. The predicted molar refractivity (Wildman–Crippen MR) is 86.4 cm³/mol. The molecule has 0 radical (unpaired) electrons. The van der Waals surface area contributed by atoms with Crippen molar-refractivity contribution in [1.82, 2.24) is 0 Å². The molecule has 2 fully saturated rings. The van der Waals surface area contributed by atoms with Gasteiger partial charge >= 0.3 is 0 Å². The van der Waals surface area contributed by atoms with E-state index >= 15 is 0 Å². The number of benzene rings is 1. The predicted octanol–water partition coefficient (Wildman–Crippen LogP) is 4.52. The van der Waals surface area contributed by atoms with Gasteiger partial charge in [-0.2, -0.15) is 0 Å². The highest BCUT2D eigenvalue weighted by atomic mass is 35.5. The van der Waals surface area contributed by atoms with E-state index in [1.165, 1.54) is 44.2 Å². The molecule has 0 bridgehead atoms. The molecular formula is C17H25ClN2. The molecule has 3 rings (SSSR count). The second-order valence-corrected chi connectivity index (χ2v) is 6.85. The highest BCUT2D eigenvalue weighted by molar-refractivity contribution is 6.33. The number of halogens is 1. The first-order valence-electron chi connectivity index (χ1n) is 7.98. The fraction of sp³-hybridized carbons (Fsp3) is 0.647. The molecule has 2 aliphatic rings. The van der Waals surface area contributed by atoms with Crippen molar-refractivity contribution in [3.05, 3.63) is 28.8 Å². The fourth-order valence-corrected chi connectivity index (χ4v) is 4.26. The maximum absolute atomic E-state index is 6.54. The molecule has 2 unspecified atom stereocenters. The van der Waals surface area contributed by atoms with Crippen molar-refractivity contribution in [3.8, 4) is 0 Å². The van der Waals surface area contributed by atoms with Gasteiger partial charge in [0.25, 0.3) is 0 Å². The van der Waals surface area contributed by atoms with Crippen molar-refractivity contribution in [2.45, 2.75) is 57.5 Å². The molecular weight excluding hydrogens is 268 g/mol. The standard InChI is InChI=1S/C17H25ClN2/c1-12(19)14-8-9-17(15(18)11-14)20-10-4-6-13-5-2-3-7-16(13)20/h8-9,11-13,16H,2-7,10,19H2,1H3/t12-,13?,16?/m0/s1. The number of nitrogens with zero attached hydrogens (tertiary/aromatic N) is 1. The summed E-state index contributed by atoms with van der Waals surface area (Å²) in [6, 6.07) is 7.12. The fourth-order valence-electron chi connectivity index (χ4n) is 3.96. The Hall–Kier alpha value is -0.730. The Morgan fingerprint density at radius 2 is 1.95 bits per heavy atom. The van der Waals surface area contributed by atoms with Crippen LogP contribution in [0, 0.1) is 5.92 Å². The van der Waals surface area contributed by atoms with Gasteiger partial charge in [0.15, 0.2) is 0 Å². The summed E-state index contributed by atoms with van der Waals surface area (Å²) in [4.78, 5) is 2.57. The summed E-state index contributed by atoms with van der Waals surface area (Å²) >= 11 is 6.54. The van der Waals surface area contributed by atoms with Crippen LogP contribution < -0.4 is 10.6 Å². The molecule has 0 amide bonds. The van der Waals surface area contributed by atoms with Crippen LogP contribution in [0.5, 0.6) is 0 Å². The highest BCUT2D eigenvalue weighted by Crippen LogP contribution is 2.40. The van der Waals surface area contributed by atoms with Crippen LogP contribution in [0.2, 0.25) is 5.02 Å². The second-order valence-electron chi connectivity index (χ2n) is 6.45. The first-order chi connectivity index (χ1) is 9.66. The summed E-state index contributed by atoms with van der Waals surface area (Å²) in [7, 11) is 0. The van der Waals surface area contributed by atoms with Gasteiger partial charge in [-0.1, -0.05) is 30.5 Å². The Morgan fingerprint density at radius 3 is 2.70 bits per heavy atom. The molecule has 1 heterocycles. The first kappa shape index (κ1) is 14.2. The van der Waals surface area contributed by atoms with Crippen LogP contribution >= 0.6 is 11.6 Å². The average molecular weight is 293 g/mol. The van der Waals surface area contributed by atoms with Gasteiger partial charge in [0.05, 0.1) is 10.7 Å². The molecule has 0 spiro atoms. The topological polar surface area (TPSA) is 29.3 Å². The van der Waals surface area contributed by atoms with E-state index in [2.05, 4.69) is 17.0 Å². The Morgan fingerprint density at radius 1 is 1.20 bits per heavy atom. The SMILES string of the molecule is C[C@H](N)c1ccc(N2CCCC3CCCCC32)c(Cl)c1. The quantitative estimate of drug-likeness (QED) is 0.868. The second kappa shape index (κ2) is 5.95. The molecule has 1 aromatic rings. The third-order valence-corrected chi connectivity index (χ3v) is 5.35. The van der Waals surface area contributed by atoms with Crippen molar-refractivity contribution in [2.24, 2.45) is 11.7 Å².